The summed E-state index contributed by atoms with van der Waals surface area (Å²) in [6.45, 7) is 8.25. The predicted octanol–water partition coefficient (Wildman–Crippen LogP) is 2.91. The summed E-state index contributed by atoms with van der Waals surface area (Å²) in [5, 5.41) is 0. The largest absolute Gasteiger partial charge is 0.304 e. The quantitative estimate of drug-likeness (QED) is 0.614. The van der Waals surface area contributed by atoms with Crippen molar-refractivity contribution in [1.82, 2.24) is 4.90 Å². The van der Waals surface area contributed by atoms with E-state index in [1.807, 2.05) is 0 Å². The van der Waals surface area contributed by atoms with E-state index in [0.29, 0.717) is 5.41 Å². The van der Waals surface area contributed by atoms with Crippen LogP contribution < -0.4 is 0 Å². The van der Waals surface area contributed by atoms with Gasteiger partial charge in [0.2, 0.25) is 0 Å². The minimum Gasteiger partial charge on any atom is -0.304 e. The second-order valence-corrected chi connectivity index (χ2v) is 4.97. The van der Waals surface area contributed by atoms with Crippen LogP contribution in [0, 0.1) is 5.41 Å². The SMILES string of the molecule is CCN(C)C1CCC(C)(C)CC1. The summed E-state index contributed by atoms with van der Waals surface area (Å²) in [5.41, 5.74) is 0.616. The standard InChI is InChI=1S/C11H23N/c1-5-12(4)10-6-8-11(2,3)9-7-10/h10H,5-9H2,1-4H3. The van der Waals surface area contributed by atoms with Gasteiger partial charge in [-0.1, -0.05) is 20.8 Å². The molecule has 0 amide bonds. The van der Waals surface area contributed by atoms with Crippen LogP contribution in [0.3, 0.4) is 0 Å². The maximum atomic E-state index is 2.50. The fourth-order valence-electron chi connectivity index (χ4n) is 2.08. The molecule has 0 bridgehead atoms. The van der Waals surface area contributed by atoms with E-state index in [2.05, 4.69) is 32.7 Å². The van der Waals surface area contributed by atoms with Gasteiger partial charge in [0.1, 0.15) is 0 Å². The van der Waals surface area contributed by atoms with Crippen LogP contribution in [-0.2, 0) is 0 Å². The average Bonchev–Trinajstić information content (AvgIpc) is 2.03. The molecule has 12 heavy (non-hydrogen) atoms. The molecule has 1 rings (SSSR count). The summed E-state index contributed by atoms with van der Waals surface area (Å²) in [6.07, 6.45) is 5.61. The van der Waals surface area contributed by atoms with Crippen LogP contribution in [0.5, 0.6) is 0 Å². The molecule has 0 aromatic carbocycles. The molecule has 1 aliphatic rings. The fourth-order valence-corrected chi connectivity index (χ4v) is 2.08. The molecule has 0 aromatic heterocycles. The maximum absolute atomic E-state index is 2.50. The van der Waals surface area contributed by atoms with Crippen molar-refractivity contribution in [3.8, 4) is 0 Å². The summed E-state index contributed by atoms with van der Waals surface area (Å²) < 4.78 is 0. The zero-order valence-corrected chi connectivity index (χ0v) is 9.06. The zero-order chi connectivity index (χ0) is 9.19. The highest BCUT2D eigenvalue weighted by molar-refractivity contribution is 4.82. The van der Waals surface area contributed by atoms with E-state index in [1.54, 1.807) is 0 Å². The molecule has 1 saturated carbocycles. The summed E-state index contributed by atoms with van der Waals surface area (Å²) in [7, 11) is 2.25. The molecule has 0 atom stereocenters. The van der Waals surface area contributed by atoms with E-state index in [-0.39, 0.29) is 0 Å². The van der Waals surface area contributed by atoms with Crippen molar-refractivity contribution in [2.75, 3.05) is 13.6 Å². The van der Waals surface area contributed by atoms with Crippen LogP contribution in [0.4, 0.5) is 0 Å². The Morgan fingerprint density at radius 3 is 2.17 bits per heavy atom. The first kappa shape index (κ1) is 10.0. The van der Waals surface area contributed by atoms with E-state index in [0.717, 1.165) is 6.04 Å². The minimum absolute atomic E-state index is 0.616. The molecule has 0 aliphatic heterocycles. The van der Waals surface area contributed by atoms with Gasteiger partial charge in [0, 0.05) is 6.04 Å². The molecule has 0 unspecified atom stereocenters. The predicted molar refractivity (Wildman–Crippen MR) is 54.3 cm³/mol. The average molecular weight is 169 g/mol. The van der Waals surface area contributed by atoms with Crippen LogP contribution in [0.15, 0.2) is 0 Å². The Kier molecular flexibility index (Phi) is 3.16. The van der Waals surface area contributed by atoms with Gasteiger partial charge in [-0.2, -0.15) is 0 Å². The Morgan fingerprint density at radius 1 is 1.25 bits per heavy atom. The lowest BCUT2D eigenvalue weighted by Crippen LogP contribution is -2.36. The second kappa shape index (κ2) is 3.78. The molecular weight excluding hydrogens is 146 g/mol. The number of hydrogen-bond donors (Lipinski definition) is 0. The fraction of sp³-hybridized carbons (Fsp3) is 1.00. The molecule has 1 fully saturated rings. The van der Waals surface area contributed by atoms with Crippen molar-refractivity contribution in [2.45, 2.75) is 52.5 Å². The van der Waals surface area contributed by atoms with Crippen molar-refractivity contribution in [1.29, 1.82) is 0 Å². The lowest BCUT2D eigenvalue weighted by molar-refractivity contribution is 0.132. The van der Waals surface area contributed by atoms with Crippen LogP contribution in [0.2, 0.25) is 0 Å². The van der Waals surface area contributed by atoms with Gasteiger partial charge in [0.15, 0.2) is 0 Å². The van der Waals surface area contributed by atoms with Crippen molar-refractivity contribution in [2.24, 2.45) is 5.41 Å². The van der Waals surface area contributed by atoms with E-state index in [9.17, 15) is 0 Å². The lowest BCUT2D eigenvalue weighted by Gasteiger charge is -2.38. The first-order valence-corrected chi connectivity index (χ1v) is 5.25. The van der Waals surface area contributed by atoms with Crippen molar-refractivity contribution >= 4 is 0 Å². The Morgan fingerprint density at radius 2 is 1.75 bits per heavy atom. The summed E-state index contributed by atoms with van der Waals surface area (Å²) in [5.74, 6) is 0. The Balaban J connectivity index is 2.36. The normalized spacial score (nSPS) is 24.8. The first-order valence-electron chi connectivity index (χ1n) is 5.25. The summed E-state index contributed by atoms with van der Waals surface area (Å²) in [6, 6.07) is 0.864. The highest BCUT2D eigenvalue weighted by Crippen LogP contribution is 2.36. The molecule has 1 nitrogen and oxygen atoms in total. The third kappa shape index (κ3) is 2.48. The van der Waals surface area contributed by atoms with Gasteiger partial charge >= 0.3 is 0 Å². The number of nitrogens with zero attached hydrogens (tertiary/aromatic N) is 1. The maximum Gasteiger partial charge on any atom is 0.00924 e. The van der Waals surface area contributed by atoms with Crippen LogP contribution in [0.25, 0.3) is 0 Å². The Hall–Kier alpha value is -0.0400. The number of rotatable bonds is 2. The molecule has 0 heterocycles. The van der Waals surface area contributed by atoms with Gasteiger partial charge in [-0.15, -0.1) is 0 Å². The third-order valence-corrected chi connectivity index (χ3v) is 3.43. The Labute approximate surface area is 77.1 Å². The molecule has 0 aromatic rings. The van der Waals surface area contributed by atoms with Crippen molar-refractivity contribution < 1.29 is 0 Å². The summed E-state index contributed by atoms with van der Waals surface area (Å²) >= 11 is 0. The van der Waals surface area contributed by atoms with Crippen LogP contribution in [0.1, 0.15) is 46.5 Å². The van der Waals surface area contributed by atoms with Crippen LogP contribution in [-0.4, -0.2) is 24.5 Å². The minimum atomic E-state index is 0.616. The lowest BCUT2D eigenvalue weighted by atomic mass is 9.75. The topological polar surface area (TPSA) is 3.24 Å². The van der Waals surface area contributed by atoms with Gasteiger partial charge in [-0.3, -0.25) is 0 Å². The van der Waals surface area contributed by atoms with Crippen LogP contribution >= 0.6 is 0 Å². The van der Waals surface area contributed by atoms with E-state index in [1.165, 1.54) is 32.2 Å². The first-order chi connectivity index (χ1) is 5.55. The van der Waals surface area contributed by atoms with E-state index < -0.39 is 0 Å². The smallest absolute Gasteiger partial charge is 0.00924 e. The van der Waals surface area contributed by atoms with Crippen molar-refractivity contribution in [3.05, 3.63) is 0 Å². The molecule has 0 radical (unpaired) electrons. The van der Waals surface area contributed by atoms with Gasteiger partial charge < -0.3 is 4.90 Å². The van der Waals surface area contributed by atoms with Gasteiger partial charge in [0.25, 0.3) is 0 Å². The zero-order valence-electron chi connectivity index (χ0n) is 9.06. The molecule has 1 aliphatic carbocycles. The molecule has 0 saturated heterocycles. The third-order valence-electron chi connectivity index (χ3n) is 3.43. The molecule has 1 heteroatoms. The molecule has 0 spiro atoms. The van der Waals surface area contributed by atoms with Gasteiger partial charge in [0.05, 0.1) is 0 Å². The molecule has 72 valence electrons. The highest BCUT2D eigenvalue weighted by atomic mass is 15.1. The second-order valence-electron chi connectivity index (χ2n) is 4.97. The summed E-state index contributed by atoms with van der Waals surface area (Å²) in [4.78, 5) is 2.50. The van der Waals surface area contributed by atoms with Crippen molar-refractivity contribution in [3.63, 3.8) is 0 Å². The monoisotopic (exact) mass is 169 g/mol. The Bertz CT molecular complexity index is 130. The molecular formula is C11H23N. The van der Waals surface area contributed by atoms with E-state index in [4.69, 9.17) is 0 Å². The highest BCUT2D eigenvalue weighted by Gasteiger charge is 2.27. The molecule has 0 N–H and O–H groups in total. The van der Waals surface area contributed by atoms with Gasteiger partial charge in [-0.05, 0) is 44.7 Å². The number of hydrogen-bond acceptors (Lipinski definition) is 1. The van der Waals surface area contributed by atoms with E-state index >= 15 is 0 Å². The van der Waals surface area contributed by atoms with Gasteiger partial charge in [-0.25, -0.2) is 0 Å².